The van der Waals surface area contributed by atoms with Crippen molar-refractivity contribution in [3.05, 3.63) is 35.9 Å². The van der Waals surface area contributed by atoms with E-state index in [1.54, 1.807) is 6.21 Å². The van der Waals surface area contributed by atoms with Crippen molar-refractivity contribution in [2.24, 2.45) is 10.1 Å². The molecule has 13 heavy (non-hydrogen) atoms. The van der Waals surface area contributed by atoms with Crippen molar-refractivity contribution in [1.82, 2.24) is 5.43 Å². The van der Waals surface area contributed by atoms with Gasteiger partial charge in [-0.3, -0.25) is 10.4 Å². The number of hydrazone groups is 1. The zero-order chi connectivity index (χ0) is 9.10. The molecule has 3 heteroatoms. The average Bonchev–Trinajstić information content (AvgIpc) is 2.20. The SMILES string of the molecule is CC1=NNC(c2ccccc2)N=C1. The van der Waals surface area contributed by atoms with E-state index >= 15 is 0 Å². The highest BCUT2D eigenvalue weighted by molar-refractivity contribution is 6.29. The Hall–Kier alpha value is -1.64. The Labute approximate surface area is 77.2 Å². The lowest BCUT2D eigenvalue weighted by atomic mass is 10.2. The molecule has 0 aromatic heterocycles. The van der Waals surface area contributed by atoms with E-state index in [0.29, 0.717) is 0 Å². The molecule has 1 aromatic rings. The average molecular weight is 173 g/mol. The van der Waals surface area contributed by atoms with Crippen molar-refractivity contribution >= 4 is 11.9 Å². The fraction of sp³-hybridized carbons (Fsp3) is 0.200. The van der Waals surface area contributed by atoms with Gasteiger partial charge >= 0.3 is 0 Å². The fourth-order valence-corrected chi connectivity index (χ4v) is 1.20. The molecule has 1 aliphatic rings. The molecule has 2 rings (SSSR count). The number of hydrogen-bond donors (Lipinski definition) is 1. The van der Waals surface area contributed by atoms with Gasteiger partial charge in [-0.05, 0) is 12.5 Å². The minimum atomic E-state index is -0.0232. The second-order valence-corrected chi connectivity index (χ2v) is 2.97. The van der Waals surface area contributed by atoms with Crippen LogP contribution >= 0.6 is 0 Å². The van der Waals surface area contributed by atoms with Gasteiger partial charge in [0.15, 0.2) is 6.17 Å². The standard InChI is InChI=1S/C10H11N3/c1-8-7-11-10(13-12-8)9-5-3-2-4-6-9/h2-7,10,13H,1H3. The largest absolute Gasteiger partial charge is 0.281 e. The van der Waals surface area contributed by atoms with Gasteiger partial charge in [-0.25, -0.2) is 0 Å². The molecule has 0 saturated heterocycles. The van der Waals surface area contributed by atoms with E-state index in [9.17, 15) is 0 Å². The summed E-state index contributed by atoms with van der Waals surface area (Å²) in [6.07, 6.45) is 1.76. The van der Waals surface area contributed by atoms with Crippen LogP contribution in [0.15, 0.2) is 40.4 Å². The molecule has 1 atom stereocenters. The van der Waals surface area contributed by atoms with E-state index in [4.69, 9.17) is 0 Å². The van der Waals surface area contributed by atoms with Gasteiger partial charge in [-0.15, -0.1) is 0 Å². The van der Waals surface area contributed by atoms with Crippen LogP contribution in [-0.2, 0) is 0 Å². The van der Waals surface area contributed by atoms with E-state index in [2.05, 4.69) is 15.5 Å². The Morgan fingerprint density at radius 3 is 2.62 bits per heavy atom. The second kappa shape index (κ2) is 3.39. The predicted molar refractivity (Wildman–Crippen MR) is 53.9 cm³/mol. The molecule has 0 spiro atoms. The summed E-state index contributed by atoms with van der Waals surface area (Å²) in [6.45, 7) is 1.91. The molecule has 0 amide bonds. The Bertz CT molecular complexity index is 340. The maximum atomic E-state index is 4.31. The van der Waals surface area contributed by atoms with Gasteiger partial charge in [0.2, 0.25) is 0 Å². The van der Waals surface area contributed by atoms with E-state index in [-0.39, 0.29) is 6.17 Å². The Morgan fingerprint density at radius 2 is 2.00 bits per heavy atom. The summed E-state index contributed by atoms with van der Waals surface area (Å²) in [5.74, 6) is 0. The lowest BCUT2D eigenvalue weighted by Crippen LogP contribution is -2.20. The highest BCUT2D eigenvalue weighted by Gasteiger charge is 2.09. The quantitative estimate of drug-likeness (QED) is 0.690. The molecule has 3 nitrogen and oxygen atoms in total. The van der Waals surface area contributed by atoms with Crippen LogP contribution in [-0.4, -0.2) is 11.9 Å². The van der Waals surface area contributed by atoms with Gasteiger partial charge in [-0.1, -0.05) is 30.3 Å². The number of hydrogen-bond acceptors (Lipinski definition) is 3. The molecule has 1 unspecified atom stereocenters. The molecular weight excluding hydrogens is 162 g/mol. The first kappa shape index (κ1) is 7.98. The lowest BCUT2D eigenvalue weighted by Gasteiger charge is -2.15. The summed E-state index contributed by atoms with van der Waals surface area (Å²) < 4.78 is 0. The smallest absolute Gasteiger partial charge is 0.159 e. The molecule has 1 aromatic carbocycles. The van der Waals surface area contributed by atoms with E-state index < -0.39 is 0 Å². The van der Waals surface area contributed by atoms with Crippen molar-refractivity contribution in [2.75, 3.05) is 0 Å². The highest BCUT2D eigenvalue weighted by Crippen LogP contribution is 2.14. The summed E-state index contributed by atoms with van der Waals surface area (Å²) >= 11 is 0. The summed E-state index contributed by atoms with van der Waals surface area (Å²) in [5, 5.41) is 4.11. The van der Waals surface area contributed by atoms with Gasteiger partial charge in [0.05, 0.1) is 5.71 Å². The Kier molecular flexibility index (Phi) is 2.08. The second-order valence-electron chi connectivity index (χ2n) is 2.97. The number of rotatable bonds is 1. The Morgan fingerprint density at radius 1 is 1.23 bits per heavy atom. The Balaban J connectivity index is 2.18. The number of benzene rings is 1. The third-order valence-electron chi connectivity index (χ3n) is 1.89. The maximum absolute atomic E-state index is 4.31. The normalized spacial score (nSPS) is 20.7. The zero-order valence-electron chi connectivity index (χ0n) is 7.44. The summed E-state index contributed by atoms with van der Waals surface area (Å²) in [7, 11) is 0. The first-order valence-electron chi connectivity index (χ1n) is 4.24. The van der Waals surface area contributed by atoms with Crippen molar-refractivity contribution < 1.29 is 0 Å². The van der Waals surface area contributed by atoms with Crippen molar-refractivity contribution in [3.63, 3.8) is 0 Å². The molecule has 0 bridgehead atoms. The molecule has 0 aliphatic carbocycles. The van der Waals surface area contributed by atoms with Crippen LogP contribution in [0.25, 0.3) is 0 Å². The molecule has 0 fully saturated rings. The topological polar surface area (TPSA) is 36.8 Å². The van der Waals surface area contributed by atoms with Crippen LogP contribution in [0.4, 0.5) is 0 Å². The minimum Gasteiger partial charge on any atom is -0.281 e. The van der Waals surface area contributed by atoms with Crippen molar-refractivity contribution in [3.8, 4) is 0 Å². The van der Waals surface area contributed by atoms with Crippen molar-refractivity contribution in [1.29, 1.82) is 0 Å². The molecule has 1 heterocycles. The van der Waals surface area contributed by atoms with Gasteiger partial charge in [-0.2, -0.15) is 5.10 Å². The first-order valence-corrected chi connectivity index (χ1v) is 4.24. The lowest BCUT2D eigenvalue weighted by molar-refractivity contribution is 0.579. The van der Waals surface area contributed by atoms with Crippen LogP contribution in [0.3, 0.4) is 0 Å². The molecular formula is C10H11N3. The summed E-state index contributed by atoms with van der Waals surface area (Å²) in [5.41, 5.74) is 5.02. The van der Waals surface area contributed by atoms with Gasteiger partial charge in [0.1, 0.15) is 0 Å². The van der Waals surface area contributed by atoms with Crippen LogP contribution in [0, 0.1) is 0 Å². The van der Waals surface area contributed by atoms with Crippen LogP contribution in [0.2, 0.25) is 0 Å². The van der Waals surface area contributed by atoms with Crippen LogP contribution in [0.1, 0.15) is 18.7 Å². The predicted octanol–water partition coefficient (Wildman–Crippen LogP) is 1.74. The number of aliphatic imine (C=N–C) groups is 1. The van der Waals surface area contributed by atoms with Crippen LogP contribution < -0.4 is 5.43 Å². The molecule has 0 radical (unpaired) electrons. The third-order valence-corrected chi connectivity index (χ3v) is 1.89. The van der Waals surface area contributed by atoms with E-state index in [1.807, 2.05) is 37.3 Å². The van der Waals surface area contributed by atoms with Gasteiger partial charge < -0.3 is 0 Å². The molecule has 1 aliphatic heterocycles. The molecule has 66 valence electrons. The fourth-order valence-electron chi connectivity index (χ4n) is 1.20. The van der Waals surface area contributed by atoms with Gasteiger partial charge in [0.25, 0.3) is 0 Å². The summed E-state index contributed by atoms with van der Waals surface area (Å²) in [4.78, 5) is 4.31. The first-order chi connectivity index (χ1) is 6.36. The minimum absolute atomic E-state index is 0.0232. The number of nitrogens with zero attached hydrogens (tertiary/aromatic N) is 2. The molecule has 1 N–H and O–H groups in total. The third kappa shape index (κ3) is 1.75. The summed E-state index contributed by atoms with van der Waals surface area (Å²) in [6, 6.07) is 10.1. The van der Waals surface area contributed by atoms with Gasteiger partial charge in [0, 0.05) is 6.21 Å². The zero-order valence-corrected chi connectivity index (χ0v) is 7.44. The number of nitrogens with one attached hydrogen (secondary N) is 1. The van der Waals surface area contributed by atoms with E-state index in [0.717, 1.165) is 11.3 Å². The monoisotopic (exact) mass is 173 g/mol. The van der Waals surface area contributed by atoms with E-state index in [1.165, 1.54) is 0 Å². The van der Waals surface area contributed by atoms with Crippen molar-refractivity contribution in [2.45, 2.75) is 13.1 Å². The molecule has 0 saturated carbocycles. The highest BCUT2D eigenvalue weighted by atomic mass is 15.4. The maximum Gasteiger partial charge on any atom is 0.159 e. The van der Waals surface area contributed by atoms with Crippen LogP contribution in [0.5, 0.6) is 0 Å².